The fourth-order valence-electron chi connectivity index (χ4n) is 4.32. The van der Waals surface area contributed by atoms with Gasteiger partial charge in [-0.2, -0.15) is 0 Å². The van der Waals surface area contributed by atoms with Crippen molar-refractivity contribution in [1.29, 1.82) is 0 Å². The lowest BCUT2D eigenvalue weighted by Gasteiger charge is -2.33. The first-order chi connectivity index (χ1) is 16.6. The Kier molecular flexibility index (Phi) is 9.13. The maximum absolute atomic E-state index is 14.5. The van der Waals surface area contributed by atoms with Crippen molar-refractivity contribution in [2.24, 2.45) is 0 Å². The minimum atomic E-state index is -3.99. The number of anilines is 1. The maximum atomic E-state index is 14.5. The largest absolute Gasteiger partial charge is 0.352 e. The van der Waals surface area contributed by atoms with Crippen molar-refractivity contribution in [3.8, 4) is 0 Å². The van der Waals surface area contributed by atoms with Gasteiger partial charge in [0.25, 0.3) is 0 Å². The molecular weight excluding hydrogens is 493 g/mol. The Labute approximate surface area is 211 Å². The van der Waals surface area contributed by atoms with Crippen LogP contribution in [-0.4, -0.2) is 50.0 Å². The van der Waals surface area contributed by atoms with Crippen molar-refractivity contribution >= 4 is 39.1 Å². The summed E-state index contributed by atoms with van der Waals surface area (Å²) < 4.78 is 40.3. The van der Waals surface area contributed by atoms with Crippen LogP contribution >= 0.6 is 11.6 Å². The topological polar surface area (TPSA) is 86.8 Å². The molecule has 0 aromatic heterocycles. The Morgan fingerprint density at radius 2 is 1.74 bits per heavy atom. The van der Waals surface area contributed by atoms with Gasteiger partial charge in [-0.15, -0.1) is 0 Å². The highest BCUT2D eigenvalue weighted by Gasteiger charge is 2.33. The Morgan fingerprint density at radius 1 is 1.11 bits per heavy atom. The first-order valence-electron chi connectivity index (χ1n) is 11.7. The van der Waals surface area contributed by atoms with Gasteiger partial charge in [-0.3, -0.25) is 13.9 Å². The van der Waals surface area contributed by atoms with Gasteiger partial charge < -0.3 is 10.2 Å². The third-order valence-electron chi connectivity index (χ3n) is 6.15. The van der Waals surface area contributed by atoms with Crippen molar-refractivity contribution in [3.05, 3.63) is 64.9 Å². The molecule has 0 radical (unpaired) electrons. The fraction of sp³-hybridized carbons (Fsp3) is 0.440. The van der Waals surface area contributed by atoms with Crippen molar-refractivity contribution in [2.45, 2.75) is 57.7 Å². The Balaban J connectivity index is 1.92. The second-order valence-electron chi connectivity index (χ2n) is 8.78. The second kappa shape index (κ2) is 11.9. The van der Waals surface area contributed by atoms with E-state index in [0.717, 1.165) is 47.9 Å². The van der Waals surface area contributed by atoms with Crippen LogP contribution in [0.25, 0.3) is 0 Å². The molecule has 1 saturated carbocycles. The molecule has 2 aromatic rings. The van der Waals surface area contributed by atoms with Crippen LogP contribution in [0.5, 0.6) is 0 Å². The summed E-state index contributed by atoms with van der Waals surface area (Å²) >= 11 is 5.99. The molecule has 0 saturated heterocycles. The molecule has 7 nitrogen and oxygen atoms in total. The predicted molar refractivity (Wildman–Crippen MR) is 135 cm³/mol. The van der Waals surface area contributed by atoms with Crippen LogP contribution in [0.1, 0.15) is 44.6 Å². The molecule has 0 heterocycles. The van der Waals surface area contributed by atoms with Gasteiger partial charge in [-0.05, 0) is 49.1 Å². The average Bonchev–Trinajstić information content (AvgIpc) is 3.31. The molecule has 2 amide bonds. The Bertz CT molecular complexity index is 1140. The molecule has 1 fully saturated rings. The fourth-order valence-corrected chi connectivity index (χ4v) is 5.30. The zero-order chi connectivity index (χ0) is 25.6. The smallest absolute Gasteiger partial charge is 0.244 e. The van der Waals surface area contributed by atoms with E-state index in [1.807, 2.05) is 0 Å². The molecule has 35 heavy (non-hydrogen) atoms. The van der Waals surface area contributed by atoms with Gasteiger partial charge in [0, 0.05) is 17.6 Å². The van der Waals surface area contributed by atoms with E-state index < -0.39 is 34.3 Å². The molecule has 1 N–H and O–H groups in total. The summed E-state index contributed by atoms with van der Waals surface area (Å²) in [4.78, 5) is 28.2. The number of nitrogens with one attached hydrogen (secondary N) is 1. The number of halogens is 2. The second-order valence-corrected chi connectivity index (χ2v) is 11.1. The highest BCUT2D eigenvalue weighted by atomic mass is 35.5. The lowest BCUT2D eigenvalue weighted by molar-refractivity contribution is -0.140. The third kappa shape index (κ3) is 7.18. The Hall–Kier alpha value is -2.65. The molecule has 190 valence electrons. The van der Waals surface area contributed by atoms with Gasteiger partial charge in [-0.1, -0.05) is 55.6 Å². The minimum absolute atomic E-state index is 0.0648. The molecule has 3 rings (SSSR count). The summed E-state index contributed by atoms with van der Waals surface area (Å²) in [5.74, 6) is -1.65. The predicted octanol–water partition coefficient (Wildman–Crippen LogP) is 4.11. The first kappa shape index (κ1) is 26.9. The quantitative estimate of drug-likeness (QED) is 0.507. The third-order valence-corrected chi connectivity index (χ3v) is 7.53. The summed E-state index contributed by atoms with van der Waals surface area (Å²) in [5, 5.41) is 3.57. The van der Waals surface area contributed by atoms with Crippen LogP contribution in [0, 0.1) is 5.82 Å². The van der Waals surface area contributed by atoms with Crippen LogP contribution < -0.4 is 9.62 Å². The number of amides is 2. The molecule has 0 unspecified atom stereocenters. The van der Waals surface area contributed by atoms with E-state index in [-0.39, 0.29) is 24.2 Å². The number of hydrogen-bond donors (Lipinski definition) is 1. The van der Waals surface area contributed by atoms with Crippen LogP contribution in [0.2, 0.25) is 5.02 Å². The van der Waals surface area contributed by atoms with Crippen LogP contribution in [0.15, 0.2) is 48.5 Å². The van der Waals surface area contributed by atoms with Gasteiger partial charge in [0.2, 0.25) is 21.8 Å². The monoisotopic (exact) mass is 523 g/mol. The Morgan fingerprint density at radius 3 is 2.31 bits per heavy atom. The van der Waals surface area contributed by atoms with E-state index >= 15 is 0 Å². The highest BCUT2D eigenvalue weighted by Crippen LogP contribution is 2.23. The number of sulfonamides is 1. The van der Waals surface area contributed by atoms with E-state index in [9.17, 15) is 22.4 Å². The summed E-state index contributed by atoms with van der Waals surface area (Å²) in [6, 6.07) is 11.5. The van der Waals surface area contributed by atoms with E-state index in [4.69, 9.17) is 11.6 Å². The zero-order valence-corrected chi connectivity index (χ0v) is 21.5. The highest BCUT2D eigenvalue weighted by molar-refractivity contribution is 7.92. The van der Waals surface area contributed by atoms with Gasteiger partial charge >= 0.3 is 0 Å². The van der Waals surface area contributed by atoms with Gasteiger partial charge in [0.05, 0.1) is 11.9 Å². The molecule has 1 atom stereocenters. The average molecular weight is 524 g/mol. The molecule has 2 aromatic carbocycles. The van der Waals surface area contributed by atoms with Crippen molar-refractivity contribution in [1.82, 2.24) is 10.2 Å². The summed E-state index contributed by atoms with van der Waals surface area (Å²) in [5.41, 5.74) is 0.505. The molecule has 0 bridgehead atoms. The molecular formula is C25H31ClFN3O4S. The standard InChI is InChI=1S/C25H31ClFN3O4S/c1-3-22(25(32)28-20-8-4-5-9-20)29(16-18-12-14-19(26)15-13-18)24(31)17-30(35(2,33)34)23-11-7-6-10-21(23)27/h6-7,10-15,20,22H,3-5,8-9,16-17H2,1-2H3,(H,28,32)/t22-/m0/s1. The molecule has 0 aliphatic heterocycles. The number of carbonyl (C=O) groups is 2. The number of carbonyl (C=O) groups excluding carboxylic acids is 2. The van der Waals surface area contributed by atoms with Crippen LogP contribution in [-0.2, 0) is 26.2 Å². The van der Waals surface area contributed by atoms with Crippen LogP contribution in [0.3, 0.4) is 0 Å². The number of rotatable bonds is 10. The van der Waals surface area contributed by atoms with E-state index in [1.165, 1.54) is 23.1 Å². The SMILES string of the molecule is CC[C@@H](C(=O)NC1CCCC1)N(Cc1ccc(Cl)cc1)C(=O)CN(c1ccccc1F)S(C)(=O)=O. The minimum Gasteiger partial charge on any atom is -0.352 e. The van der Waals surface area contributed by atoms with E-state index in [2.05, 4.69) is 5.32 Å². The number of para-hydroxylation sites is 1. The van der Waals surface area contributed by atoms with Crippen molar-refractivity contribution in [3.63, 3.8) is 0 Å². The van der Waals surface area contributed by atoms with Crippen molar-refractivity contribution < 1.29 is 22.4 Å². The number of hydrogen-bond acceptors (Lipinski definition) is 4. The normalized spacial score (nSPS) is 15.0. The lowest BCUT2D eigenvalue weighted by Crippen LogP contribution is -2.53. The van der Waals surface area contributed by atoms with Gasteiger partial charge in [0.15, 0.2) is 0 Å². The van der Waals surface area contributed by atoms with Gasteiger partial charge in [-0.25, -0.2) is 12.8 Å². The maximum Gasteiger partial charge on any atom is 0.244 e. The summed E-state index contributed by atoms with van der Waals surface area (Å²) in [6.45, 7) is 1.23. The van der Waals surface area contributed by atoms with E-state index in [0.29, 0.717) is 11.4 Å². The number of nitrogens with zero attached hydrogens (tertiary/aromatic N) is 2. The summed E-state index contributed by atoms with van der Waals surface area (Å²) in [6.07, 6.45) is 5.12. The van der Waals surface area contributed by atoms with Crippen molar-refractivity contribution in [2.75, 3.05) is 17.1 Å². The lowest BCUT2D eigenvalue weighted by atomic mass is 10.1. The first-order valence-corrected chi connectivity index (χ1v) is 13.9. The van der Waals surface area contributed by atoms with E-state index in [1.54, 1.807) is 31.2 Å². The molecule has 1 aliphatic rings. The molecule has 0 spiro atoms. The van der Waals surface area contributed by atoms with Gasteiger partial charge in [0.1, 0.15) is 18.4 Å². The number of benzene rings is 2. The molecule has 10 heteroatoms. The molecule has 1 aliphatic carbocycles. The van der Waals surface area contributed by atoms with Crippen LogP contribution in [0.4, 0.5) is 10.1 Å². The zero-order valence-electron chi connectivity index (χ0n) is 19.9. The summed E-state index contributed by atoms with van der Waals surface area (Å²) in [7, 11) is -3.99.